The van der Waals surface area contributed by atoms with Gasteiger partial charge in [0.1, 0.15) is 5.25 Å². The normalized spacial score (nSPS) is 20.1. The quantitative estimate of drug-likeness (QED) is 0.430. The van der Waals surface area contributed by atoms with Crippen LogP contribution >= 0.6 is 22.6 Å². The van der Waals surface area contributed by atoms with Crippen LogP contribution in [0.4, 0.5) is 18.4 Å². The van der Waals surface area contributed by atoms with Crippen LogP contribution in [0.15, 0.2) is 12.1 Å². The molecule has 19 heavy (non-hydrogen) atoms. The van der Waals surface area contributed by atoms with Gasteiger partial charge >= 0.3 is 10.2 Å². The number of hydrogen-bond donors (Lipinski definition) is 0. The molecule has 0 aliphatic carbocycles. The summed E-state index contributed by atoms with van der Waals surface area (Å²) >= 11 is 1.69. The Kier molecular flexibility index (Phi) is 3.78. The molecule has 1 aliphatic heterocycles. The minimum atomic E-state index is -4.84. The SMILES string of the molecule is O=C1CC(S(=O)(=O)F)CN1c1cc(F)c(F)cc1I. The van der Waals surface area contributed by atoms with Gasteiger partial charge in [0.2, 0.25) is 5.91 Å². The number of hydrogen-bond acceptors (Lipinski definition) is 3. The lowest BCUT2D eigenvalue weighted by Crippen LogP contribution is -2.27. The summed E-state index contributed by atoms with van der Waals surface area (Å²) in [7, 11) is -4.84. The molecule has 2 rings (SSSR count). The zero-order chi connectivity index (χ0) is 14.4. The summed E-state index contributed by atoms with van der Waals surface area (Å²) in [6, 6.07) is 1.68. The minimum absolute atomic E-state index is 0.0376. The molecule has 1 fully saturated rings. The van der Waals surface area contributed by atoms with Gasteiger partial charge in [0.25, 0.3) is 0 Å². The molecular formula is C10H7F3INO3S. The van der Waals surface area contributed by atoms with Crippen molar-refractivity contribution in [2.24, 2.45) is 0 Å². The van der Waals surface area contributed by atoms with Crippen molar-refractivity contribution in [3.8, 4) is 0 Å². The van der Waals surface area contributed by atoms with Crippen molar-refractivity contribution in [1.82, 2.24) is 0 Å². The number of carbonyl (C=O) groups excluding carboxylic acids is 1. The highest BCUT2D eigenvalue weighted by Crippen LogP contribution is 2.31. The smallest absolute Gasteiger partial charge is 0.307 e. The van der Waals surface area contributed by atoms with Crippen molar-refractivity contribution in [2.75, 3.05) is 11.4 Å². The second-order valence-electron chi connectivity index (χ2n) is 4.02. The lowest BCUT2D eigenvalue weighted by molar-refractivity contribution is -0.117. The second kappa shape index (κ2) is 4.93. The number of halogens is 4. The molecule has 1 amide bonds. The maximum absolute atomic E-state index is 13.2. The van der Waals surface area contributed by atoms with Gasteiger partial charge in [-0.15, -0.1) is 3.89 Å². The molecule has 0 bridgehead atoms. The van der Waals surface area contributed by atoms with E-state index in [1.807, 2.05) is 0 Å². The molecule has 1 heterocycles. The molecule has 0 N–H and O–H groups in total. The van der Waals surface area contributed by atoms with Crippen molar-refractivity contribution >= 4 is 44.4 Å². The third kappa shape index (κ3) is 2.86. The molecule has 0 aromatic heterocycles. The highest BCUT2D eigenvalue weighted by atomic mass is 127. The summed E-state index contributed by atoms with van der Waals surface area (Å²) in [5.74, 6) is -2.88. The van der Waals surface area contributed by atoms with E-state index in [1.165, 1.54) is 0 Å². The number of anilines is 1. The first-order valence-electron chi connectivity index (χ1n) is 5.08. The van der Waals surface area contributed by atoms with Crippen LogP contribution < -0.4 is 4.90 Å². The Balaban J connectivity index is 2.39. The summed E-state index contributed by atoms with van der Waals surface area (Å²) in [5.41, 5.74) is 0.0376. The van der Waals surface area contributed by atoms with E-state index in [4.69, 9.17) is 0 Å². The highest BCUT2D eigenvalue weighted by Gasteiger charge is 2.39. The van der Waals surface area contributed by atoms with Crippen molar-refractivity contribution in [3.05, 3.63) is 27.3 Å². The van der Waals surface area contributed by atoms with E-state index in [2.05, 4.69) is 0 Å². The van der Waals surface area contributed by atoms with Crippen LogP contribution in [-0.4, -0.2) is 26.1 Å². The molecule has 0 radical (unpaired) electrons. The summed E-state index contributed by atoms with van der Waals surface area (Å²) < 4.78 is 60.8. The van der Waals surface area contributed by atoms with Crippen LogP contribution in [0.2, 0.25) is 0 Å². The average molecular weight is 405 g/mol. The number of benzene rings is 1. The fourth-order valence-corrected chi connectivity index (χ4v) is 3.20. The third-order valence-corrected chi connectivity index (χ3v) is 4.74. The fraction of sp³-hybridized carbons (Fsp3) is 0.300. The van der Waals surface area contributed by atoms with Crippen molar-refractivity contribution in [3.63, 3.8) is 0 Å². The second-order valence-corrected chi connectivity index (χ2v) is 6.80. The van der Waals surface area contributed by atoms with E-state index in [-0.39, 0.29) is 9.26 Å². The molecule has 1 unspecified atom stereocenters. The van der Waals surface area contributed by atoms with Gasteiger partial charge in [-0.05, 0) is 28.7 Å². The summed E-state index contributed by atoms with van der Waals surface area (Å²) in [4.78, 5) is 12.6. The van der Waals surface area contributed by atoms with Crippen LogP contribution in [0.25, 0.3) is 0 Å². The van der Waals surface area contributed by atoms with E-state index < -0.39 is 46.0 Å². The van der Waals surface area contributed by atoms with E-state index in [0.29, 0.717) is 0 Å². The Morgan fingerprint density at radius 2 is 1.84 bits per heavy atom. The third-order valence-electron chi connectivity index (χ3n) is 2.77. The molecule has 1 aliphatic rings. The van der Waals surface area contributed by atoms with Crippen LogP contribution in [-0.2, 0) is 15.0 Å². The first-order chi connectivity index (χ1) is 8.70. The number of rotatable bonds is 2. The molecule has 1 aromatic rings. The largest absolute Gasteiger partial charge is 0.310 e. The average Bonchev–Trinajstić information content (AvgIpc) is 2.65. The maximum Gasteiger partial charge on any atom is 0.307 e. The fourth-order valence-electron chi connectivity index (χ4n) is 1.82. The molecule has 0 saturated carbocycles. The van der Waals surface area contributed by atoms with Crippen LogP contribution in [0.3, 0.4) is 0 Å². The van der Waals surface area contributed by atoms with E-state index in [9.17, 15) is 25.9 Å². The van der Waals surface area contributed by atoms with Crippen molar-refractivity contribution in [2.45, 2.75) is 11.7 Å². The minimum Gasteiger partial charge on any atom is -0.310 e. The molecule has 0 spiro atoms. The number of carbonyl (C=O) groups is 1. The van der Waals surface area contributed by atoms with Gasteiger partial charge in [-0.2, -0.15) is 8.42 Å². The molecule has 1 atom stereocenters. The zero-order valence-electron chi connectivity index (χ0n) is 9.24. The molecule has 104 valence electrons. The topological polar surface area (TPSA) is 54.5 Å². The lowest BCUT2D eigenvalue weighted by Gasteiger charge is -2.18. The standard InChI is InChI=1S/C10H7F3INO3S/c11-6-2-8(14)9(3-7(6)12)15-4-5(1-10(15)16)19(13,17)18/h2-3,5H,1,4H2. The Morgan fingerprint density at radius 1 is 1.26 bits per heavy atom. The molecule has 1 saturated heterocycles. The van der Waals surface area contributed by atoms with Crippen molar-refractivity contribution in [1.29, 1.82) is 0 Å². The molecule has 9 heteroatoms. The Bertz CT molecular complexity index is 650. The molecular weight excluding hydrogens is 398 g/mol. The zero-order valence-corrected chi connectivity index (χ0v) is 12.2. The summed E-state index contributed by atoms with van der Waals surface area (Å²) in [6.45, 7) is -0.404. The van der Waals surface area contributed by atoms with Gasteiger partial charge in [-0.25, -0.2) is 8.78 Å². The van der Waals surface area contributed by atoms with E-state index >= 15 is 0 Å². The van der Waals surface area contributed by atoms with E-state index in [0.717, 1.165) is 17.0 Å². The molecule has 1 aromatic carbocycles. The monoisotopic (exact) mass is 405 g/mol. The Labute approximate surface area is 120 Å². The van der Waals surface area contributed by atoms with Gasteiger partial charge in [0.15, 0.2) is 11.6 Å². The Hall–Kier alpha value is -0.840. The summed E-state index contributed by atoms with van der Waals surface area (Å²) in [6.07, 6.45) is -0.506. The van der Waals surface area contributed by atoms with Gasteiger partial charge in [-0.3, -0.25) is 4.79 Å². The predicted octanol–water partition coefficient (Wildman–Crippen LogP) is 1.97. The predicted molar refractivity (Wildman–Crippen MR) is 69.9 cm³/mol. The number of nitrogens with zero attached hydrogens (tertiary/aromatic N) is 1. The van der Waals surface area contributed by atoms with E-state index in [1.54, 1.807) is 22.6 Å². The summed E-state index contributed by atoms with van der Waals surface area (Å²) in [5, 5.41) is -1.47. The first kappa shape index (κ1) is 14.6. The van der Waals surface area contributed by atoms with Gasteiger partial charge in [0, 0.05) is 22.6 Å². The van der Waals surface area contributed by atoms with Crippen LogP contribution in [0.1, 0.15) is 6.42 Å². The highest BCUT2D eigenvalue weighted by molar-refractivity contribution is 14.1. The van der Waals surface area contributed by atoms with Crippen LogP contribution in [0.5, 0.6) is 0 Å². The van der Waals surface area contributed by atoms with Crippen LogP contribution in [0, 0.1) is 15.2 Å². The van der Waals surface area contributed by atoms with Gasteiger partial charge in [0.05, 0.1) is 5.69 Å². The van der Waals surface area contributed by atoms with Gasteiger partial charge in [-0.1, -0.05) is 0 Å². The first-order valence-corrected chi connectivity index (χ1v) is 7.61. The lowest BCUT2D eigenvalue weighted by atomic mass is 10.3. The van der Waals surface area contributed by atoms with Crippen molar-refractivity contribution < 1.29 is 25.9 Å². The molecule has 4 nitrogen and oxygen atoms in total. The van der Waals surface area contributed by atoms with Gasteiger partial charge < -0.3 is 4.90 Å². The maximum atomic E-state index is 13.2. The number of amides is 1. The Morgan fingerprint density at radius 3 is 2.37 bits per heavy atom.